The molecular formula is C15H12ClN3O2S. The normalized spacial score (nSPS) is 10.8. The van der Waals surface area contributed by atoms with Gasteiger partial charge in [-0.15, -0.1) is 0 Å². The number of rotatable bonds is 2. The lowest BCUT2D eigenvalue weighted by atomic mass is 10.1. The third-order valence-electron chi connectivity index (χ3n) is 3.31. The van der Waals surface area contributed by atoms with Crippen LogP contribution in [-0.4, -0.2) is 25.0 Å². The molecule has 0 saturated heterocycles. The van der Waals surface area contributed by atoms with Crippen molar-refractivity contribution in [3.8, 4) is 28.6 Å². The Bertz CT molecular complexity index is 917. The quantitative estimate of drug-likeness (QED) is 0.620. The molecule has 112 valence electrons. The minimum Gasteiger partial charge on any atom is -0.508 e. The van der Waals surface area contributed by atoms with Crippen LogP contribution in [0.15, 0.2) is 36.4 Å². The second kappa shape index (κ2) is 5.47. The largest absolute Gasteiger partial charge is 0.508 e. The number of phenols is 2. The summed E-state index contributed by atoms with van der Waals surface area (Å²) in [4.78, 5) is 0. The molecule has 0 radical (unpaired) electrons. The average molecular weight is 334 g/mol. The molecule has 5 nitrogen and oxygen atoms in total. The first-order valence-corrected chi connectivity index (χ1v) is 7.23. The Morgan fingerprint density at radius 3 is 2.73 bits per heavy atom. The van der Waals surface area contributed by atoms with E-state index in [1.54, 1.807) is 10.6 Å². The number of hydrogen-bond acceptors (Lipinski definition) is 4. The minimum absolute atomic E-state index is 0.0319. The summed E-state index contributed by atoms with van der Waals surface area (Å²) in [7, 11) is 0. The lowest BCUT2D eigenvalue weighted by Crippen LogP contribution is -1.99. The van der Waals surface area contributed by atoms with Crippen LogP contribution < -0.4 is 0 Å². The average Bonchev–Trinajstić information content (AvgIpc) is 2.84. The summed E-state index contributed by atoms with van der Waals surface area (Å²) in [5.74, 6) is 0.282. The standard InChI is InChI=1S/C15H12ClN3O2S/c1-8-3-2-4-11(13(8)16)19-14(17-18-15(19)22)10-6-5-9(20)7-12(10)21/h2-7,20-21H,1H3,(H,18,22). The SMILES string of the molecule is Cc1cccc(-n2c(-c3ccc(O)cc3O)n[nH]c2=S)c1Cl. The van der Waals surface area contributed by atoms with Gasteiger partial charge in [-0.1, -0.05) is 23.7 Å². The second-order valence-corrected chi connectivity index (χ2v) is 5.56. The highest BCUT2D eigenvalue weighted by molar-refractivity contribution is 7.71. The van der Waals surface area contributed by atoms with Crippen LogP contribution in [0.5, 0.6) is 11.5 Å². The maximum absolute atomic E-state index is 10.1. The fourth-order valence-corrected chi connectivity index (χ4v) is 2.66. The number of aromatic nitrogens is 3. The first-order chi connectivity index (χ1) is 10.5. The van der Waals surface area contributed by atoms with Crippen molar-refractivity contribution in [3.63, 3.8) is 0 Å². The van der Waals surface area contributed by atoms with Crippen molar-refractivity contribution in [2.75, 3.05) is 0 Å². The van der Waals surface area contributed by atoms with Crippen molar-refractivity contribution in [2.24, 2.45) is 0 Å². The summed E-state index contributed by atoms with van der Waals surface area (Å²) >= 11 is 11.7. The molecule has 1 heterocycles. The zero-order chi connectivity index (χ0) is 15.9. The van der Waals surface area contributed by atoms with Crippen LogP contribution in [0, 0.1) is 11.7 Å². The van der Waals surface area contributed by atoms with Gasteiger partial charge in [-0.3, -0.25) is 9.67 Å². The Kier molecular flexibility index (Phi) is 3.64. The van der Waals surface area contributed by atoms with Gasteiger partial charge in [0.05, 0.1) is 16.3 Å². The van der Waals surface area contributed by atoms with E-state index >= 15 is 0 Å². The van der Waals surface area contributed by atoms with Crippen LogP contribution in [0.4, 0.5) is 0 Å². The van der Waals surface area contributed by atoms with Gasteiger partial charge in [0.2, 0.25) is 0 Å². The fraction of sp³-hybridized carbons (Fsp3) is 0.0667. The third-order valence-corrected chi connectivity index (χ3v) is 4.07. The Labute approximate surface area is 136 Å². The molecular weight excluding hydrogens is 322 g/mol. The molecule has 0 bridgehead atoms. The molecule has 0 unspecified atom stereocenters. The fourth-order valence-electron chi connectivity index (χ4n) is 2.21. The molecule has 3 aromatic rings. The molecule has 0 fully saturated rings. The van der Waals surface area contributed by atoms with Crippen LogP contribution >= 0.6 is 23.8 Å². The van der Waals surface area contributed by atoms with Gasteiger partial charge in [-0.2, -0.15) is 5.10 Å². The molecule has 0 amide bonds. The summed E-state index contributed by atoms with van der Waals surface area (Å²) < 4.78 is 2.01. The Balaban J connectivity index is 2.29. The molecule has 0 atom stereocenters. The van der Waals surface area contributed by atoms with E-state index in [1.165, 1.54) is 12.1 Å². The Morgan fingerprint density at radius 2 is 2.00 bits per heavy atom. The van der Waals surface area contributed by atoms with Crippen molar-refractivity contribution in [1.82, 2.24) is 14.8 Å². The van der Waals surface area contributed by atoms with E-state index in [0.717, 1.165) is 5.56 Å². The molecule has 0 saturated carbocycles. The van der Waals surface area contributed by atoms with Crippen LogP contribution in [0.3, 0.4) is 0 Å². The van der Waals surface area contributed by atoms with Gasteiger partial charge < -0.3 is 10.2 Å². The molecule has 0 aliphatic rings. The van der Waals surface area contributed by atoms with E-state index in [-0.39, 0.29) is 11.5 Å². The van der Waals surface area contributed by atoms with Crippen molar-refractivity contribution in [1.29, 1.82) is 0 Å². The van der Waals surface area contributed by atoms with Gasteiger partial charge in [0.15, 0.2) is 10.6 Å². The molecule has 3 N–H and O–H groups in total. The third kappa shape index (κ3) is 2.36. The van der Waals surface area contributed by atoms with E-state index < -0.39 is 0 Å². The van der Waals surface area contributed by atoms with E-state index in [1.807, 2.05) is 25.1 Å². The number of H-pyrrole nitrogens is 1. The van der Waals surface area contributed by atoms with Crippen molar-refractivity contribution >= 4 is 23.8 Å². The summed E-state index contributed by atoms with van der Waals surface area (Å²) in [6, 6.07) is 9.86. The summed E-state index contributed by atoms with van der Waals surface area (Å²) in [6.07, 6.45) is 0. The number of aryl methyl sites for hydroxylation is 1. The summed E-state index contributed by atoms with van der Waals surface area (Å²) in [5, 5.41) is 26.9. The zero-order valence-electron chi connectivity index (χ0n) is 11.5. The predicted molar refractivity (Wildman–Crippen MR) is 87.3 cm³/mol. The maximum atomic E-state index is 10.1. The lowest BCUT2D eigenvalue weighted by molar-refractivity contribution is 0.451. The van der Waals surface area contributed by atoms with Crippen LogP contribution in [-0.2, 0) is 0 Å². The second-order valence-electron chi connectivity index (χ2n) is 4.80. The molecule has 0 aliphatic carbocycles. The molecule has 0 spiro atoms. The number of nitrogens with zero attached hydrogens (tertiary/aromatic N) is 2. The highest BCUT2D eigenvalue weighted by Gasteiger charge is 2.17. The smallest absolute Gasteiger partial charge is 0.200 e. The molecule has 0 aliphatic heterocycles. The number of hydrogen-bond donors (Lipinski definition) is 3. The predicted octanol–water partition coefficient (Wildman–Crippen LogP) is 3.97. The van der Waals surface area contributed by atoms with Gasteiger partial charge in [0.25, 0.3) is 0 Å². The first kappa shape index (κ1) is 14.6. The van der Waals surface area contributed by atoms with Gasteiger partial charge in [0.1, 0.15) is 11.5 Å². The Morgan fingerprint density at radius 1 is 1.23 bits per heavy atom. The number of aromatic hydroxyl groups is 2. The number of phenolic OH excluding ortho intramolecular Hbond substituents is 2. The van der Waals surface area contributed by atoms with Crippen molar-refractivity contribution in [2.45, 2.75) is 6.92 Å². The van der Waals surface area contributed by atoms with Crippen LogP contribution in [0.25, 0.3) is 17.1 Å². The molecule has 3 rings (SSSR count). The van der Waals surface area contributed by atoms with E-state index in [9.17, 15) is 10.2 Å². The lowest BCUT2D eigenvalue weighted by Gasteiger charge is -2.11. The van der Waals surface area contributed by atoms with E-state index in [4.69, 9.17) is 23.8 Å². The van der Waals surface area contributed by atoms with Crippen LogP contribution in [0.2, 0.25) is 5.02 Å². The minimum atomic E-state index is -0.0981. The highest BCUT2D eigenvalue weighted by Crippen LogP contribution is 2.34. The molecule has 7 heteroatoms. The van der Waals surface area contributed by atoms with Crippen molar-refractivity contribution < 1.29 is 10.2 Å². The summed E-state index contributed by atoms with van der Waals surface area (Å²) in [6.45, 7) is 1.90. The van der Waals surface area contributed by atoms with Gasteiger partial charge in [-0.05, 0) is 42.9 Å². The monoisotopic (exact) mass is 333 g/mol. The Hall–Kier alpha value is -2.31. The number of benzene rings is 2. The molecule has 1 aromatic heterocycles. The van der Waals surface area contributed by atoms with E-state index in [0.29, 0.717) is 26.9 Å². The number of nitrogens with one attached hydrogen (secondary N) is 1. The molecule has 2 aromatic carbocycles. The van der Waals surface area contributed by atoms with Crippen LogP contribution in [0.1, 0.15) is 5.56 Å². The first-order valence-electron chi connectivity index (χ1n) is 6.44. The molecule has 22 heavy (non-hydrogen) atoms. The maximum Gasteiger partial charge on any atom is 0.200 e. The zero-order valence-corrected chi connectivity index (χ0v) is 13.1. The number of halogens is 1. The highest BCUT2D eigenvalue weighted by atomic mass is 35.5. The van der Waals surface area contributed by atoms with Crippen molar-refractivity contribution in [3.05, 3.63) is 51.8 Å². The van der Waals surface area contributed by atoms with Gasteiger partial charge in [-0.25, -0.2) is 0 Å². The van der Waals surface area contributed by atoms with Gasteiger partial charge in [0, 0.05) is 6.07 Å². The topological polar surface area (TPSA) is 74.1 Å². The number of aromatic amines is 1. The van der Waals surface area contributed by atoms with E-state index in [2.05, 4.69) is 10.2 Å². The van der Waals surface area contributed by atoms with Gasteiger partial charge >= 0.3 is 0 Å². The summed E-state index contributed by atoms with van der Waals surface area (Å²) in [5.41, 5.74) is 2.01.